The van der Waals surface area contributed by atoms with E-state index in [9.17, 15) is 0 Å². The first kappa shape index (κ1) is 11.1. The third kappa shape index (κ3) is 1.49. The lowest BCUT2D eigenvalue weighted by Gasteiger charge is -2.37. The van der Waals surface area contributed by atoms with Gasteiger partial charge in [-0.15, -0.1) is 0 Å². The Bertz CT molecular complexity index is 561. The molecule has 0 amide bonds. The molecule has 0 aliphatic carbocycles. The van der Waals surface area contributed by atoms with E-state index in [0.717, 1.165) is 0 Å². The van der Waals surface area contributed by atoms with Crippen LogP contribution in [0.3, 0.4) is 0 Å². The van der Waals surface area contributed by atoms with Gasteiger partial charge in [-0.2, -0.15) is 0 Å². The van der Waals surface area contributed by atoms with Crippen molar-refractivity contribution in [3.8, 4) is 0 Å². The normalized spacial score (nSPS) is 13.3. The SMILES string of the molecule is Cc1ccc2c(c1)N(C)c1ccc(C)cc1N2C. The minimum absolute atomic E-state index is 1.27. The molecule has 2 aromatic rings. The Morgan fingerprint density at radius 1 is 0.611 bits per heavy atom. The van der Waals surface area contributed by atoms with E-state index in [1.54, 1.807) is 0 Å². The average Bonchev–Trinajstić information content (AvgIpc) is 2.36. The monoisotopic (exact) mass is 238 g/mol. The second-order valence-corrected chi connectivity index (χ2v) is 5.10. The van der Waals surface area contributed by atoms with Gasteiger partial charge in [-0.25, -0.2) is 0 Å². The molecule has 2 heteroatoms. The van der Waals surface area contributed by atoms with Gasteiger partial charge in [-0.3, -0.25) is 0 Å². The van der Waals surface area contributed by atoms with Crippen molar-refractivity contribution in [3.63, 3.8) is 0 Å². The molecule has 2 nitrogen and oxygen atoms in total. The number of fused-ring (bicyclic) bond motifs is 2. The first-order valence-electron chi connectivity index (χ1n) is 6.26. The lowest BCUT2D eigenvalue weighted by molar-refractivity contribution is 1.09. The summed E-state index contributed by atoms with van der Waals surface area (Å²) in [6.45, 7) is 4.28. The molecule has 0 radical (unpaired) electrons. The zero-order valence-electron chi connectivity index (χ0n) is 11.4. The Hall–Kier alpha value is -1.96. The molecule has 0 bridgehead atoms. The predicted octanol–water partition coefficient (Wildman–Crippen LogP) is 4.15. The van der Waals surface area contributed by atoms with Gasteiger partial charge in [-0.05, 0) is 49.2 Å². The standard InChI is InChI=1S/C16H18N2/c1-11-5-7-13-15(9-11)17(3)14-8-6-12(2)10-16(14)18(13)4/h5-10H,1-4H3. The molecule has 1 heterocycles. The van der Waals surface area contributed by atoms with Crippen LogP contribution in [0.5, 0.6) is 0 Å². The molecule has 18 heavy (non-hydrogen) atoms. The molecular weight excluding hydrogens is 220 g/mol. The molecule has 1 aliphatic heterocycles. The zero-order chi connectivity index (χ0) is 12.9. The summed E-state index contributed by atoms with van der Waals surface area (Å²) in [7, 11) is 4.28. The molecule has 0 fully saturated rings. The molecule has 0 saturated carbocycles. The van der Waals surface area contributed by atoms with Gasteiger partial charge >= 0.3 is 0 Å². The van der Waals surface area contributed by atoms with Crippen LogP contribution in [0.25, 0.3) is 0 Å². The quantitative estimate of drug-likeness (QED) is 0.680. The maximum Gasteiger partial charge on any atom is 0.0652 e. The summed E-state index contributed by atoms with van der Waals surface area (Å²) in [6, 6.07) is 13.2. The van der Waals surface area contributed by atoms with Gasteiger partial charge in [0, 0.05) is 14.1 Å². The Kier molecular flexibility index (Phi) is 2.34. The van der Waals surface area contributed by atoms with Crippen LogP contribution in [-0.2, 0) is 0 Å². The van der Waals surface area contributed by atoms with Gasteiger partial charge < -0.3 is 9.80 Å². The van der Waals surface area contributed by atoms with Crippen molar-refractivity contribution in [3.05, 3.63) is 47.5 Å². The van der Waals surface area contributed by atoms with Crippen LogP contribution in [0.15, 0.2) is 36.4 Å². The summed E-state index contributed by atoms with van der Waals surface area (Å²) >= 11 is 0. The van der Waals surface area contributed by atoms with Crippen LogP contribution >= 0.6 is 0 Å². The molecule has 0 N–H and O–H groups in total. The van der Waals surface area contributed by atoms with Crippen LogP contribution in [0, 0.1) is 13.8 Å². The molecule has 0 atom stereocenters. The highest BCUT2D eigenvalue weighted by atomic mass is 15.2. The van der Waals surface area contributed by atoms with E-state index < -0.39 is 0 Å². The number of hydrogen-bond acceptors (Lipinski definition) is 2. The minimum atomic E-state index is 1.27. The highest BCUT2D eigenvalue weighted by molar-refractivity contribution is 5.92. The summed E-state index contributed by atoms with van der Waals surface area (Å²) in [5.74, 6) is 0. The van der Waals surface area contributed by atoms with Crippen LogP contribution in [0.4, 0.5) is 22.7 Å². The molecule has 2 aromatic carbocycles. The third-order valence-corrected chi connectivity index (χ3v) is 3.71. The van der Waals surface area contributed by atoms with Gasteiger partial charge in [0.1, 0.15) is 0 Å². The maximum absolute atomic E-state index is 2.27. The molecule has 0 saturated heterocycles. The van der Waals surface area contributed by atoms with Crippen molar-refractivity contribution < 1.29 is 0 Å². The summed E-state index contributed by atoms with van der Waals surface area (Å²) in [4.78, 5) is 4.55. The van der Waals surface area contributed by atoms with Gasteiger partial charge in [0.25, 0.3) is 0 Å². The predicted molar refractivity (Wildman–Crippen MR) is 78.5 cm³/mol. The number of benzene rings is 2. The largest absolute Gasteiger partial charge is 0.341 e. The highest BCUT2D eigenvalue weighted by Gasteiger charge is 2.23. The Morgan fingerprint density at radius 3 is 1.39 bits per heavy atom. The molecule has 0 aromatic heterocycles. The molecule has 0 unspecified atom stereocenters. The molecule has 92 valence electrons. The Morgan fingerprint density at radius 2 is 1.00 bits per heavy atom. The van der Waals surface area contributed by atoms with Crippen molar-refractivity contribution >= 4 is 22.7 Å². The average molecular weight is 238 g/mol. The summed E-state index contributed by atoms with van der Waals surface area (Å²) in [6.07, 6.45) is 0. The smallest absolute Gasteiger partial charge is 0.0652 e. The topological polar surface area (TPSA) is 6.48 Å². The van der Waals surface area contributed by atoms with Crippen LogP contribution in [0.1, 0.15) is 11.1 Å². The van der Waals surface area contributed by atoms with Gasteiger partial charge in [-0.1, -0.05) is 12.1 Å². The van der Waals surface area contributed by atoms with E-state index in [4.69, 9.17) is 0 Å². The van der Waals surface area contributed by atoms with Crippen LogP contribution < -0.4 is 9.80 Å². The van der Waals surface area contributed by atoms with E-state index in [2.05, 4.69) is 74.1 Å². The first-order valence-corrected chi connectivity index (χ1v) is 6.26. The number of anilines is 4. The fourth-order valence-corrected chi connectivity index (χ4v) is 2.63. The third-order valence-electron chi connectivity index (χ3n) is 3.71. The van der Waals surface area contributed by atoms with E-state index in [1.807, 2.05) is 0 Å². The summed E-state index contributed by atoms with van der Waals surface area (Å²) < 4.78 is 0. The first-order chi connectivity index (χ1) is 8.58. The summed E-state index contributed by atoms with van der Waals surface area (Å²) in [5, 5.41) is 0. The number of nitrogens with zero attached hydrogens (tertiary/aromatic N) is 2. The molecular formula is C16H18N2. The van der Waals surface area contributed by atoms with E-state index >= 15 is 0 Å². The van der Waals surface area contributed by atoms with Gasteiger partial charge in [0.15, 0.2) is 0 Å². The highest BCUT2D eigenvalue weighted by Crippen LogP contribution is 2.46. The molecule has 3 rings (SSSR count). The van der Waals surface area contributed by atoms with Crippen LogP contribution in [-0.4, -0.2) is 14.1 Å². The second kappa shape index (κ2) is 3.77. The Labute approximate surface area is 108 Å². The number of hydrogen-bond donors (Lipinski definition) is 0. The van der Waals surface area contributed by atoms with E-state index in [1.165, 1.54) is 33.9 Å². The van der Waals surface area contributed by atoms with Crippen molar-refractivity contribution in [1.29, 1.82) is 0 Å². The van der Waals surface area contributed by atoms with E-state index in [0.29, 0.717) is 0 Å². The van der Waals surface area contributed by atoms with Crippen molar-refractivity contribution in [2.45, 2.75) is 13.8 Å². The fourth-order valence-electron chi connectivity index (χ4n) is 2.63. The van der Waals surface area contributed by atoms with Crippen LogP contribution in [0.2, 0.25) is 0 Å². The number of aryl methyl sites for hydroxylation is 2. The minimum Gasteiger partial charge on any atom is -0.341 e. The van der Waals surface area contributed by atoms with Crippen molar-refractivity contribution in [2.24, 2.45) is 0 Å². The van der Waals surface area contributed by atoms with Crippen molar-refractivity contribution in [1.82, 2.24) is 0 Å². The Balaban J connectivity index is 2.24. The lowest BCUT2D eigenvalue weighted by Crippen LogP contribution is -2.24. The second-order valence-electron chi connectivity index (χ2n) is 5.10. The number of rotatable bonds is 0. The van der Waals surface area contributed by atoms with Gasteiger partial charge in [0.05, 0.1) is 22.7 Å². The zero-order valence-corrected chi connectivity index (χ0v) is 11.4. The van der Waals surface area contributed by atoms with E-state index in [-0.39, 0.29) is 0 Å². The maximum atomic E-state index is 2.27. The summed E-state index contributed by atoms with van der Waals surface area (Å²) in [5.41, 5.74) is 7.67. The molecule has 0 spiro atoms. The molecule has 1 aliphatic rings. The lowest BCUT2D eigenvalue weighted by atomic mass is 10.1. The van der Waals surface area contributed by atoms with Crippen molar-refractivity contribution in [2.75, 3.05) is 23.9 Å². The fraction of sp³-hybridized carbons (Fsp3) is 0.250. The van der Waals surface area contributed by atoms with Gasteiger partial charge in [0.2, 0.25) is 0 Å².